The van der Waals surface area contributed by atoms with Crippen LogP contribution >= 0.6 is 88.1 Å². The zero-order valence-electron chi connectivity index (χ0n) is 17.4. The Morgan fingerprint density at radius 1 is 1.15 bits per heavy atom. The molecule has 1 atom stereocenters. The second-order valence-corrected chi connectivity index (χ2v) is 45.4. The molecule has 1 unspecified atom stereocenters. The second kappa shape index (κ2) is 14.0. The van der Waals surface area contributed by atoms with Crippen LogP contribution in [0.4, 0.5) is 0 Å². The van der Waals surface area contributed by atoms with Gasteiger partial charge in [0.2, 0.25) is 0 Å². The molecule has 1 aromatic heterocycles. The quantitative estimate of drug-likeness (QED) is 0.220. The Bertz CT molecular complexity index is 1270. The van der Waals surface area contributed by atoms with E-state index in [0.717, 1.165) is 13.8 Å². The number of halogens is 4. The number of hydrogen-bond acceptors (Lipinski definition) is 4. The van der Waals surface area contributed by atoms with Gasteiger partial charge in [-0.3, -0.25) is 0 Å². The maximum absolute atomic E-state index is 12.1. The molecule has 172 valence electrons. The van der Waals surface area contributed by atoms with Gasteiger partial charge in [0, 0.05) is 36.4 Å². The number of hydrogen-bond donors (Lipinski definition) is 0. The summed E-state index contributed by atoms with van der Waals surface area (Å²) in [4.78, 5) is 8.52. The average Bonchev–Trinajstić information content (AvgIpc) is 2.77. The molecule has 2 heterocycles. The summed E-state index contributed by atoms with van der Waals surface area (Å²) in [7, 11) is 5.17. The fourth-order valence-electron chi connectivity index (χ4n) is 2.83. The van der Waals surface area contributed by atoms with E-state index in [4.69, 9.17) is 20.1 Å². The summed E-state index contributed by atoms with van der Waals surface area (Å²) in [6.45, 7) is 0. The Morgan fingerprint density at radius 2 is 1.76 bits per heavy atom. The van der Waals surface area contributed by atoms with E-state index in [9.17, 15) is 8.42 Å². The fraction of sp³-hybridized carbons (Fsp3) is 0.150. The van der Waals surface area contributed by atoms with Gasteiger partial charge in [0.15, 0.2) is 5.03 Å². The topological polar surface area (TPSA) is 62.6 Å². The molecule has 2 aliphatic rings. The van der Waals surface area contributed by atoms with Crippen molar-refractivity contribution in [2.45, 2.75) is 5.03 Å². The third-order valence-corrected chi connectivity index (χ3v) is 7.18. The number of fused-ring (bicyclic) bond motifs is 2. The number of aromatic nitrogens is 1. The molecular formula is C20H17BBrI3N3O2S2V. The summed E-state index contributed by atoms with van der Waals surface area (Å²) in [5.41, 5.74) is 1.68. The molecule has 0 N–H and O–H groups in total. The third kappa shape index (κ3) is 8.44. The predicted octanol–water partition coefficient (Wildman–Crippen LogP) is 5.72. The van der Waals surface area contributed by atoms with Crippen molar-refractivity contribution in [2.75, 3.05) is 14.1 Å². The summed E-state index contributed by atoms with van der Waals surface area (Å²) in [6, 6.07) is 7.05. The number of dihydropyridines is 1. The molecule has 0 spiro atoms. The van der Waals surface area contributed by atoms with Gasteiger partial charge in [0.1, 0.15) is 12.8 Å². The van der Waals surface area contributed by atoms with E-state index in [0.29, 0.717) is 16.2 Å². The molecule has 33 heavy (non-hydrogen) atoms. The Balaban J connectivity index is 0.000000209. The zero-order chi connectivity index (χ0) is 24.8. The van der Waals surface area contributed by atoms with E-state index in [1.807, 2.05) is 18.2 Å². The first-order valence-electron chi connectivity index (χ1n) is 9.12. The first-order valence-corrected chi connectivity index (χ1v) is 25.3. The summed E-state index contributed by atoms with van der Waals surface area (Å²) >= 11 is 15.9. The van der Waals surface area contributed by atoms with Crippen LogP contribution in [0.2, 0.25) is 0 Å². The van der Waals surface area contributed by atoms with Crippen molar-refractivity contribution in [3.05, 3.63) is 64.8 Å². The van der Waals surface area contributed by atoms with Crippen LogP contribution in [-0.4, -0.2) is 50.9 Å². The molecule has 0 amide bonds. The Labute approximate surface area is 247 Å². The number of sulfonamides is 1. The molecule has 2 aromatic rings. The van der Waals surface area contributed by atoms with Crippen molar-refractivity contribution in [1.82, 2.24) is 9.29 Å². The molecule has 13 heteroatoms. The van der Waals surface area contributed by atoms with Crippen LogP contribution in [0, 0.1) is 5.92 Å². The Kier molecular flexibility index (Phi) is 12.7. The minimum atomic E-state index is -3.55. The molecule has 0 fully saturated rings. The number of pyridine rings is 1. The average molecular weight is 918 g/mol. The molecule has 1 aromatic carbocycles. The van der Waals surface area contributed by atoms with Crippen molar-refractivity contribution in [1.29, 1.82) is 0 Å². The maximum atomic E-state index is 12.1. The number of benzene rings is 1. The summed E-state index contributed by atoms with van der Waals surface area (Å²) in [5.74, 6) is 0.198. The van der Waals surface area contributed by atoms with Crippen molar-refractivity contribution in [3.63, 3.8) is 0 Å². The van der Waals surface area contributed by atoms with E-state index >= 15 is 0 Å². The summed E-state index contributed by atoms with van der Waals surface area (Å²) in [5, 5.41) is 1.27. The number of nitrogens with zero attached hydrogens (tertiary/aromatic N) is 3. The van der Waals surface area contributed by atoms with Gasteiger partial charge >= 0.3 is 64.9 Å². The van der Waals surface area contributed by atoms with Crippen LogP contribution in [0.5, 0.6) is 0 Å². The number of rotatable bonds is 2. The molecule has 1 aliphatic carbocycles. The number of aliphatic imine (C=N–C) groups is 1. The van der Waals surface area contributed by atoms with Gasteiger partial charge in [-0.15, -0.1) is 0 Å². The standard InChI is InChI=1S/C11H11BN2O2S.C9H6BrNS.3HI.V/c1-14(2)17(15,16)11-9-6-4-3-5-8(9)10(12)7-13-11;10-8-5-11-9(12)7-4-2-1-3-6(7)8;;;;/h3-7H,1-2H3;1-5,7H;3*1H;/q;;;;;+3/p-3. The zero-order valence-corrected chi connectivity index (χ0v) is 28.5. The van der Waals surface area contributed by atoms with Gasteiger partial charge in [0.05, 0.1) is 5.92 Å². The van der Waals surface area contributed by atoms with Crippen LogP contribution in [0.25, 0.3) is 10.8 Å². The van der Waals surface area contributed by atoms with E-state index in [-0.39, 0.29) is 15.9 Å². The van der Waals surface area contributed by atoms with E-state index in [1.165, 1.54) is 25.9 Å². The van der Waals surface area contributed by atoms with Crippen molar-refractivity contribution >= 4 is 133 Å². The normalized spacial score (nSPS) is 17.0. The van der Waals surface area contributed by atoms with Crippen molar-refractivity contribution < 1.29 is 13.3 Å². The van der Waals surface area contributed by atoms with Crippen molar-refractivity contribution in [2.24, 2.45) is 10.9 Å². The molecule has 5 nitrogen and oxygen atoms in total. The first-order chi connectivity index (χ1) is 15.5. The van der Waals surface area contributed by atoms with Gasteiger partial charge < -0.3 is 0 Å². The van der Waals surface area contributed by atoms with E-state index < -0.39 is 10.0 Å². The van der Waals surface area contributed by atoms with Crippen LogP contribution in [0.15, 0.2) is 74.8 Å². The molecule has 1 aliphatic heterocycles. The van der Waals surface area contributed by atoms with Crippen LogP contribution in [0.1, 0.15) is 0 Å². The number of allylic oxidation sites excluding steroid dienone is 4. The van der Waals surface area contributed by atoms with Gasteiger partial charge in [-0.25, -0.2) is 22.7 Å². The first kappa shape index (κ1) is 30.1. The Morgan fingerprint density at radius 3 is 2.33 bits per heavy atom. The summed E-state index contributed by atoms with van der Waals surface area (Å²) < 4.78 is 26.3. The van der Waals surface area contributed by atoms with E-state index in [2.05, 4.69) is 98.0 Å². The van der Waals surface area contributed by atoms with Crippen molar-refractivity contribution in [3.8, 4) is 0 Å². The van der Waals surface area contributed by atoms with Gasteiger partial charge in [-0.2, -0.15) is 0 Å². The summed E-state index contributed by atoms with van der Waals surface area (Å²) in [6.07, 6.45) is 11.3. The van der Waals surface area contributed by atoms with Crippen LogP contribution in [-0.2, 0) is 14.9 Å². The number of thiocarbonyl (C=S) groups is 1. The third-order valence-electron chi connectivity index (χ3n) is 4.39. The molecule has 0 saturated carbocycles. The van der Waals surface area contributed by atoms with Gasteiger partial charge in [0.25, 0.3) is 10.0 Å². The van der Waals surface area contributed by atoms with Gasteiger partial charge in [-0.1, -0.05) is 66.3 Å². The Hall–Kier alpha value is 0.839. The molecule has 4 rings (SSSR count). The molecule has 0 saturated heterocycles. The van der Waals surface area contributed by atoms with Gasteiger partial charge in [-0.05, 0) is 26.9 Å². The minimum absolute atomic E-state index is 0.0345. The molecule has 0 bridgehead atoms. The van der Waals surface area contributed by atoms with Crippen LogP contribution < -0.4 is 5.46 Å². The SMILES string of the molecule is S=C1N=CC(Br)=C2C=CC=CC12.[B]c1cnc(S(=O)(=O)N(C)C)c2ccccc12.[I][V]([I])[I]. The second-order valence-electron chi connectivity index (χ2n) is 6.66. The molecule has 2 radical (unpaired) electrons. The monoisotopic (exact) mass is 917 g/mol. The fourth-order valence-corrected chi connectivity index (χ4v) is 4.55. The predicted molar refractivity (Wildman–Crippen MR) is 169 cm³/mol. The van der Waals surface area contributed by atoms with Crippen LogP contribution in [0.3, 0.4) is 0 Å². The van der Waals surface area contributed by atoms with E-state index in [1.54, 1.807) is 24.4 Å². The molecular weight excluding hydrogens is 901 g/mol.